The fourth-order valence-corrected chi connectivity index (χ4v) is 3.81. The van der Waals surface area contributed by atoms with Crippen molar-refractivity contribution in [3.63, 3.8) is 0 Å². The Hall–Kier alpha value is -2.80. The lowest BCUT2D eigenvalue weighted by molar-refractivity contribution is -0.125. The maximum atomic E-state index is 12.6. The van der Waals surface area contributed by atoms with Crippen LogP contribution >= 0.6 is 11.6 Å². The molecule has 0 spiro atoms. The minimum atomic E-state index is -0.00580. The number of hydrogen-bond acceptors (Lipinski definition) is 5. The van der Waals surface area contributed by atoms with Crippen molar-refractivity contribution in [2.45, 2.75) is 19.4 Å². The maximum absolute atomic E-state index is 12.6. The van der Waals surface area contributed by atoms with Gasteiger partial charge in [0.25, 0.3) is 0 Å². The van der Waals surface area contributed by atoms with Crippen molar-refractivity contribution < 1.29 is 9.53 Å². The monoisotopic (exact) mass is 399 g/mol. The van der Waals surface area contributed by atoms with Crippen LogP contribution in [0.4, 0.5) is 5.95 Å². The van der Waals surface area contributed by atoms with Crippen molar-refractivity contribution >= 4 is 29.1 Å². The van der Waals surface area contributed by atoms with Gasteiger partial charge in [-0.25, -0.2) is 0 Å². The number of carbonyl (C=O) groups is 1. The first-order valence-corrected chi connectivity index (χ1v) is 9.69. The number of amides is 1. The van der Waals surface area contributed by atoms with E-state index in [0.29, 0.717) is 17.2 Å². The number of halogens is 1. The molecule has 0 atom stereocenters. The number of fused-ring (bicyclic) bond motifs is 1. The van der Waals surface area contributed by atoms with Crippen LogP contribution in [0.15, 0.2) is 42.6 Å². The van der Waals surface area contributed by atoms with Gasteiger partial charge in [0.1, 0.15) is 5.75 Å². The molecule has 0 saturated carbocycles. The van der Waals surface area contributed by atoms with Gasteiger partial charge in [-0.1, -0.05) is 29.8 Å². The normalized spacial score (nSPS) is 15.0. The Morgan fingerprint density at radius 2 is 2.00 bits per heavy atom. The number of methoxy groups -OCH3 is 1. The number of pyridine rings is 1. The van der Waals surface area contributed by atoms with Gasteiger partial charge in [-0.15, -0.1) is 10.2 Å². The summed E-state index contributed by atoms with van der Waals surface area (Å²) in [6.45, 7) is 1.97. The topological polar surface area (TPSA) is 71.8 Å². The third-order valence-corrected chi connectivity index (χ3v) is 5.46. The minimum Gasteiger partial charge on any atom is -0.496 e. The molecule has 8 heteroatoms. The molecule has 3 heterocycles. The highest BCUT2D eigenvalue weighted by Gasteiger charge is 2.27. The van der Waals surface area contributed by atoms with Gasteiger partial charge in [0, 0.05) is 37.3 Å². The summed E-state index contributed by atoms with van der Waals surface area (Å²) in [6.07, 6.45) is 3.45. The van der Waals surface area contributed by atoms with Gasteiger partial charge >= 0.3 is 0 Å². The second-order valence-electron chi connectivity index (χ2n) is 6.84. The van der Waals surface area contributed by atoms with Crippen LogP contribution in [-0.4, -0.2) is 40.7 Å². The van der Waals surface area contributed by atoms with E-state index in [9.17, 15) is 4.79 Å². The van der Waals surface area contributed by atoms with Gasteiger partial charge < -0.3 is 15.0 Å². The summed E-state index contributed by atoms with van der Waals surface area (Å²) in [7, 11) is 1.64. The van der Waals surface area contributed by atoms with E-state index in [-0.39, 0.29) is 11.8 Å². The molecule has 0 bridgehead atoms. The van der Waals surface area contributed by atoms with Crippen molar-refractivity contribution in [1.29, 1.82) is 0 Å². The Kier molecular flexibility index (Phi) is 5.34. The number of rotatable bonds is 5. The number of nitrogens with zero attached hydrogens (tertiary/aromatic N) is 4. The van der Waals surface area contributed by atoms with Crippen LogP contribution in [0.1, 0.15) is 18.4 Å². The highest BCUT2D eigenvalue weighted by atomic mass is 35.5. The highest BCUT2D eigenvalue weighted by molar-refractivity contribution is 6.33. The van der Waals surface area contributed by atoms with Crippen molar-refractivity contribution in [3.05, 3.63) is 53.2 Å². The molecule has 1 saturated heterocycles. The average Bonchev–Trinajstić information content (AvgIpc) is 3.18. The third kappa shape index (κ3) is 3.62. The van der Waals surface area contributed by atoms with Crippen LogP contribution in [0.25, 0.3) is 5.65 Å². The van der Waals surface area contributed by atoms with Crippen LogP contribution in [-0.2, 0) is 11.3 Å². The summed E-state index contributed by atoms with van der Waals surface area (Å²) < 4.78 is 7.23. The second-order valence-corrected chi connectivity index (χ2v) is 7.25. The van der Waals surface area contributed by atoms with E-state index in [2.05, 4.69) is 20.4 Å². The molecule has 1 aliphatic rings. The Morgan fingerprint density at radius 3 is 2.79 bits per heavy atom. The number of nitrogens with one attached hydrogen (secondary N) is 1. The number of ether oxygens (including phenoxy) is 1. The Labute approximate surface area is 168 Å². The van der Waals surface area contributed by atoms with E-state index in [0.717, 1.165) is 43.2 Å². The summed E-state index contributed by atoms with van der Waals surface area (Å²) in [5.41, 5.74) is 1.62. The van der Waals surface area contributed by atoms with Gasteiger partial charge in [-0.05, 0) is 31.0 Å². The first kappa shape index (κ1) is 18.6. The zero-order valence-corrected chi connectivity index (χ0v) is 16.4. The molecule has 1 aromatic carbocycles. The fourth-order valence-electron chi connectivity index (χ4n) is 3.60. The van der Waals surface area contributed by atoms with Crippen molar-refractivity contribution in [1.82, 2.24) is 19.9 Å². The van der Waals surface area contributed by atoms with E-state index in [4.69, 9.17) is 16.3 Å². The molecule has 7 nitrogen and oxygen atoms in total. The first-order chi connectivity index (χ1) is 13.7. The minimum absolute atomic E-state index is 0.00580. The molecule has 146 valence electrons. The molecular weight excluding hydrogens is 378 g/mol. The zero-order chi connectivity index (χ0) is 19.5. The van der Waals surface area contributed by atoms with Crippen LogP contribution in [0.2, 0.25) is 5.02 Å². The Balaban J connectivity index is 1.36. The molecule has 1 aliphatic heterocycles. The quantitative estimate of drug-likeness (QED) is 0.714. The van der Waals surface area contributed by atoms with E-state index in [1.165, 1.54) is 0 Å². The Bertz CT molecular complexity index is 982. The fraction of sp³-hybridized carbons (Fsp3) is 0.350. The van der Waals surface area contributed by atoms with Gasteiger partial charge in [-0.3, -0.25) is 9.20 Å². The first-order valence-electron chi connectivity index (χ1n) is 9.31. The number of carbonyl (C=O) groups excluding carboxylic acids is 1. The molecule has 1 fully saturated rings. The molecular formula is C20H22ClN5O2. The highest BCUT2D eigenvalue weighted by Crippen LogP contribution is 2.25. The predicted molar refractivity (Wildman–Crippen MR) is 108 cm³/mol. The maximum Gasteiger partial charge on any atom is 0.231 e. The zero-order valence-electron chi connectivity index (χ0n) is 15.6. The van der Waals surface area contributed by atoms with Crippen LogP contribution in [0.3, 0.4) is 0 Å². The molecule has 28 heavy (non-hydrogen) atoms. The lowest BCUT2D eigenvalue weighted by Crippen LogP contribution is -2.41. The molecule has 0 unspecified atom stereocenters. The second kappa shape index (κ2) is 8.06. The molecule has 1 amide bonds. The number of aromatic nitrogens is 3. The van der Waals surface area contributed by atoms with E-state index < -0.39 is 0 Å². The van der Waals surface area contributed by atoms with Gasteiger partial charge in [0.15, 0.2) is 5.65 Å². The largest absolute Gasteiger partial charge is 0.496 e. The molecule has 3 aromatic rings. The summed E-state index contributed by atoms with van der Waals surface area (Å²) in [5.74, 6) is 1.63. The lowest BCUT2D eigenvalue weighted by Gasteiger charge is -2.31. The van der Waals surface area contributed by atoms with E-state index in [1.54, 1.807) is 13.2 Å². The molecule has 1 N–H and O–H groups in total. The number of benzene rings is 1. The molecule has 2 aromatic heterocycles. The smallest absolute Gasteiger partial charge is 0.231 e. The summed E-state index contributed by atoms with van der Waals surface area (Å²) in [5, 5.41) is 12.1. The van der Waals surface area contributed by atoms with Gasteiger partial charge in [0.2, 0.25) is 11.9 Å². The van der Waals surface area contributed by atoms with Crippen LogP contribution in [0, 0.1) is 5.92 Å². The number of para-hydroxylation sites is 1. The van der Waals surface area contributed by atoms with E-state index in [1.807, 2.05) is 40.9 Å². The van der Waals surface area contributed by atoms with Crippen molar-refractivity contribution in [2.75, 3.05) is 25.1 Å². The lowest BCUT2D eigenvalue weighted by atomic mass is 9.96. The van der Waals surface area contributed by atoms with Crippen LogP contribution < -0.4 is 15.0 Å². The standard InChI is InChI=1S/C20H22ClN5O2/c1-28-17-7-3-2-5-15(17)13-22-19(27)14-8-11-25(12-9-14)20-24-23-18-16(21)6-4-10-26(18)20/h2-7,10,14H,8-9,11-13H2,1H3,(H,22,27). The number of anilines is 1. The van der Waals surface area contributed by atoms with Crippen molar-refractivity contribution in [2.24, 2.45) is 5.92 Å². The average molecular weight is 400 g/mol. The summed E-state index contributed by atoms with van der Waals surface area (Å²) in [4.78, 5) is 14.8. The van der Waals surface area contributed by atoms with Crippen LogP contribution in [0.5, 0.6) is 5.75 Å². The number of piperidine rings is 1. The van der Waals surface area contributed by atoms with Gasteiger partial charge in [0.05, 0.1) is 12.1 Å². The third-order valence-electron chi connectivity index (χ3n) is 5.16. The summed E-state index contributed by atoms with van der Waals surface area (Å²) >= 11 is 6.18. The molecule has 4 rings (SSSR count). The van der Waals surface area contributed by atoms with Crippen molar-refractivity contribution in [3.8, 4) is 5.75 Å². The van der Waals surface area contributed by atoms with E-state index >= 15 is 0 Å². The number of hydrogen-bond donors (Lipinski definition) is 1. The predicted octanol–water partition coefficient (Wildman–Crippen LogP) is 2.92. The molecule has 0 radical (unpaired) electrons. The van der Waals surface area contributed by atoms with Gasteiger partial charge in [-0.2, -0.15) is 0 Å². The SMILES string of the molecule is COc1ccccc1CNC(=O)C1CCN(c2nnc3c(Cl)cccn23)CC1. The summed E-state index contributed by atoms with van der Waals surface area (Å²) in [6, 6.07) is 11.4. The Morgan fingerprint density at radius 1 is 1.21 bits per heavy atom. The molecule has 0 aliphatic carbocycles.